The summed E-state index contributed by atoms with van der Waals surface area (Å²) in [5.41, 5.74) is 15.6. The third-order valence-electron chi connectivity index (χ3n) is 12.1. The van der Waals surface area contributed by atoms with Crippen molar-refractivity contribution in [1.29, 1.82) is 0 Å². The molecular formula is C56H64Cl2O2SiZr-2. The van der Waals surface area contributed by atoms with E-state index in [9.17, 15) is 0 Å². The minimum absolute atomic E-state index is 0.167. The molecule has 62 heavy (non-hydrogen) atoms. The summed E-state index contributed by atoms with van der Waals surface area (Å²) in [6.45, 7) is 30.6. The van der Waals surface area contributed by atoms with Crippen LogP contribution < -0.4 is 0 Å². The SMILES string of the molecule is CCc1ccc2[cH-]c(-c3cc(C)c(C)o3)cc2c1-c1ccc(C(C)(C)C)cc1.CCc1ccc2[cH-]c(-c3cc(C)c(C)o3)cc2c1-c1ccc(C(C)(C)C)cc1.C[Si](C)=[Zr]([Cl])[Cl]. The normalized spacial score (nSPS) is 11.7. The molecule has 6 aromatic carbocycles. The summed E-state index contributed by atoms with van der Waals surface area (Å²) in [6.07, 6.45) is 2.04. The van der Waals surface area contributed by atoms with Gasteiger partial charge in [-0.05, 0) is 108 Å². The Morgan fingerprint density at radius 1 is 0.532 bits per heavy atom. The van der Waals surface area contributed by atoms with Crippen LogP contribution in [-0.2, 0) is 41.7 Å². The van der Waals surface area contributed by atoms with E-state index >= 15 is 0 Å². The molecule has 0 aliphatic heterocycles. The molecule has 8 rings (SSSR count). The first-order valence-electron chi connectivity index (χ1n) is 22.0. The predicted octanol–water partition coefficient (Wildman–Crippen LogP) is 18.1. The Hall–Kier alpha value is -3.66. The fourth-order valence-corrected chi connectivity index (χ4v) is 7.91. The topological polar surface area (TPSA) is 26.3 Å². The van der Waals surface area contributed by atoms with E-state index in [2.05, 4.69) is 192 Å². The van der Waals surface area contributed by atoms with Crippen molar-refractivity contribution in [2.24, 2.45) is 0 Å². The van der Waals surface area contributed by atoms with E-state index in [-0.39, 0.29) is 16.3 Å². The first-order chi connectivity index (χ1) is 29.2. The average Bonchev–Trinajstić information content (AvgIpc) is 4.02. The third-order valence-corrected chi connectivity index (χ3v) is 31.8. The van der Waals surface area contributed by atoms with Gasteiger partial charge < -0.3 is 8.83 Å². The van der Waals surface area contributed by atoms with Crippen molar-refractivity contribution in [3.05, 3.63) is 154 Å². The van der Waals surface area contributed by atoms with Crippen LogP contribution >= 0.6 is 17.0 Å². The third kappa shape index (κ3) is 10.8. The zero-order chi connectivity index (χ0) is 45.3. The summed E-state index contributed by atoms with van der Waals surface area (Å²) in [7, 11) is 11.2. The number of benzene rings is 4. The molecule has 2 aromatic heterocycles. The molecule has 324 valence electrons. The molecule has 8 aromatic rings. The van der Waals surface area contributed by atoms with E-state index in [1.54, 1.807) is 0 Å². The zero-order valence-corrected chi connectivity index (χ0v) is 44.3. The van der Waals surface area contributed by atoms with Crippen LogP contribution in [0.1, 0.15) is 100 Å². The summed E-state index contributed by atoms with van der Waals surface area (Å²) >= 11 is -1.65. The second-order valence-electron chi connectivity index (χ2n) is 19.0. The van der Waals surface area contributed by atoms with E-state index < -0.39 is 18.0 Å². The molecule has 0 N–H and O–H groups in total. The van der Waals surface area contributed by atoms with Crippen molar-refractivity contribution in [3.63, 3.8) is 0 Å². The Morgan fingerprint density at radius 2 is 0.871 bits per heavy atom. The van der Waals surface area contributed by atoms with Crippen molar-refractivity contribution in [3.8, 4) is 44.9 Å². The van der Waals surface area contributed by atoms with E-state index in [1.165, 1.54) is 77.2 Å². The van der Waals surface area contributed by atoms with Gasteiger partial charge in [0.25, 0.3) is 0 Å². The van der Waals surface area contributed by atoms with Gasteiger partial charge in [0.2, 0.25) is 0 Å². The van der Waals surface area contributed by atoms with Gasteiger partial charge >= 0.3 is 53.5 Å². The van der Waals surface area contributed by atoms with Crippen molar-refractivity contribution in [2.45, 2.75) is 120 Å². The molecular weight excluding hydrogens is 895 g/mol. The number of fused-ring (bicyclic) bond motifs is 2. The molecule has 0 atom stereocenters. The van der Waals surface area contributed by atoms with Gasteiger partial charge in [-0.3, -0.25) is 0 Å². The molecule has 0 radical (unpaired) electrons. The standard InChI is InChI=1S/2C27H29O.C2H6Si.2ClH.Zr/c2*1-7-19-8-9-21-15-22(25-14-17(2)18(3)28-25)16-24(21)26(19)20-10-12-23(13-11-20)27(4,5)6;1-3-2;;;/h2*8-16H,7H2,1-6H3;1-2H3;2*1H;/q2*-1;;;;+2/p-2. The van der Waals surface area contributed by atoms with Crippen LogP contribution in [-0.4, -0.2) is 5.43 Å². The van der Waals surface area contributed by atoms with Gasteiger partial charge in [0.15, 0.2) is 0 Å². The average molecular weight is 959 g/mol. The van der Waals surface area contributed by atoms with Crippen molar-refractivity contribution in [2.75, 3.05) is 0 Å². The minimum atomic E-state index is -1.65. The Kier molecular flexibility index (Phi) is 15.1. The number of rotatable bonds is 6. The zero-order valence-electron chi connectivity index (χ0n) is 39.4. The van der Waals surface area contributed by atoms with Crippen LogP contribution in [0.3, 0.4) is 0 Å². The molecule has 0 aliphatic carbocycles. The van der Waals surface area contributed by atoms with E-state index in [0.717, 1.165) is 47.0 Å². The van der Waals surface area contributed by atoms with Crippen LogP contribution in [0, 0.1) is 27.7 Å². The molecule has 0 bridgehead atoms. The molecule has 2 nitrogen and oxygen atoms in total. The van der Waals surface area contributed by atoms with Gasteiger partial charge in [-0.15, -0.1) is 57.9 Å². The number of furan rings is 2. The van der Waals surface area contributed by atoms with Crippen molar-refractivity contribution in [1.82, 2.24) is 0 Å². The first-order valence-corrected chi connectivity index (χ1v) is 34.5. The van der Waals surface area contributed by atoms with Crippen LogP contribution in [0.25, 0.3) is 66.4 Å². The first kappa shape index (κ1) is 47.8. The second kappa shape index (κ2) is 19.6. The molecule has 0 saturated carbocycles. The Balaban J connectivity index is 0.000000183. The maximum absolute atomic E-state index is 5.99. The van der Waals surface area contributed by atoms with Crippen molar-refractivity contribution < 1.29 is 26.8 Å². The van der Waals surface area contributed by atoms with Gasteiger partial charge in [0, 0.05) is 0 Å². The van der Waals surface area contributed by atoms with Crippen LogP contribution in [0.5, 0.6) is 0 Å². The van der Waals surface area contributed by atoms with E-state index in [0.29, 0.717) is 0 Å². The molecule has 0 fully saturated rings. The molecule has 2 heterocycles. The maximum atomic E-state index is 5.99. The Labute approximate surface area is 386 Å². The van der Waals surface area contributed by atoms with Gasteiger partial charge in [-0.25, -0.2) is 0 Å². The predicted molar refractivity (Wildman–Crippen MR) is 270 cm³/mol. The fourth-order valence-electron chi connectivity index (χ4n) is 7.91. The van der Waals surface area contributed by atoms with E-state index in [4.69, 9.17) is 25.9 Å². The van der Waals surface area contributed by atoms with Gasteiger partial charge in [0.05, 0.1) is 23.0 Å². The molecule has 0 aliphatic rings. The number of hydrogen-bond donors (Lipinski definition) is 0. The number of aryl methyl sites for hydroxylation is 6. The summed E-state index contributed by atoms with van der Waals surface area (Å²) in [5.74, 6) is 3.90. The van der Waals surface area contributed by atoms with Gasteiger partial charge in [0.1, 0.15) is 0 Å². The quantitative estimate of drug-likeness (QED) is 0.123. The number of halogens is 2. The molecule has 0 saturated heterocycles. The summed E-state index contributed by atoms with van der Waals surface area (Å²) in [4.78, 5) is 0. The Morgan fingerprint density at radius 3 is 1.13 bits per heavy atom. The summed E-state index contributed by atoms with van der Waals surface area (Å²) in [5, 5.41) is 5.16. The molecule has 0 amide bonds. The van der Waals surface area contributed by atoms with Gasteiger partial charge in [-0.1, -0.05) is 138 Å². The van der Waals surface area contributed by atoms with Crippen molar-refractivity contribution >= 4 is 44.0 Å². The molecule has 0 unspecified atom stereocenters. The molecule has 6 heteroatoms. The summed E-state index contributed by atoms with van der Waals surface area (Å²) < 4.78 is 12.0. The summed E-state index contributed by atoms with van der Waals surface area (Å²) in [6, 6.07) is 40.6. The van der Waals surface area contributed by atoms with Crippen LogP contribution in [0.4, 0.5) is 0 Å². The Bertz CT molecular complexity index is 2600. The van der Waals surface area contributed by atoms with E-state index in [1.807, 2.05) is 13.8 Å². The monoisotopic (exact) mass is 956 g/mol. The van der Waals surface area contributed by atoms with Crippen LogP contribution in [0.15, 0.2) is 118 Å². The van der Waals surface area contributed by atoms with Gasteiger partial charge in [-0.2, -0.15) is 0 Å². The fraction of sp³-hybridized carbons (Fsp3) is 0.321. The second-order valence-corrected chi connectivity index (χ2v) is 42.0. The number of hydrogen-bond acceptors (Lipinski definition) is 2. The molecule has 0 spiro atoms. The van der Waals surface area contributed by atoms with Crippen LogP contribution in [0.2, 0.25) is 13.1 Å².